The van der Waals surface area contributed by atoms with Crippen molar-refractivity contribution in [3.05, 3.63) is 35.0 Å². The minimum atomic E-state index is -3.95. The molecule has 1 fully saturated rings. The summed E-state index contributed by atoms with van der Waals surface area (Å²) in [6.45, 7) is 3.82. The van der Waals surface area contributed by atoms with Crippen molar-refractivity contribution >= 4 is 28.0 Å². The van der Waals surface area contributed by atoms with E-state index in [1.807, 2.05) is 0 Å². The van der Waals surface area contributed by atoms with Gasteiger partial charge in [-0.3, -0.25) is 0 Å². The fourth-order valence-electron chi connectivity index (χ4n) is 3.55. The number of nitrogens with one attached hydrogen (secondary N) is 2. The van der Waals surface area contributed by atoms with Gasteiger partial charge in [-0.2, -0.15) is 4.31 Å². The van der Waals surface area contributed by atoms with Crippen LogP contribution < -0.4 is 15.4 Å². The molecule has 2 amide bonds. The predicted octanol–water partition coefficient (Wildman–Crippen LogP) is 0.391. The number of hydrogen-bond donors (Lipinski definition) is 2. The van der Waals surface area contributed by atoms with E-state index in [1.54, 1.807) is 13.8 Å². The van der Waals surface area contributed by atoms with Crippen LogP contribution in [-0.2, 0) is 29.0 Å². The molecule has 13 heteroatoms. The first-order valence-electron chi connectivity index (χ1n) is 10.6. The summed E-state index contributed by atoms with van der Waals surface area (Å²) >= 11 is 0. The number of amides is 2. The van der Waals surface area contributed by atoms with Crippen molar-refractivity contribution in [2.75, 3.05) is 46.6 Å². The Labute approximate surface area is 197 Å². The fourth-order valence-corrected chi connectivity index (χ4v) is 5.14. The summed E-state index contributed by atoms with van der Waals surface area (Å²) in [6, 6.07) is 2.68. The molecular weight excluding hydrogens is 470 g/mol. The molecule has 0 aromatic heterocycles. The highest BCUT2D eigenvalue weighted by Gasteiger charge is 2.32. The van der Waals surface area contributed by atoms with Gasteiger partial charge in [0.15, 0.2) is 0 Å². The van der Waals surface area contributed by atoms with Crippen LogP contribution in [0, 0.1) is 0 Å². The molecule has 0 spiro atoms. The minimum Gasteiger partial charge on any atom is -0.495 e. The smallest absolute Gasteiger partial charge is 0.338 e. The lowest BCUT2D eigenvalue weighted by Gasteiger charge is -2.27. The zero-order chi connectivity index (χ0) is 24.9. The molecule has 2 aliphatic heterocycles. The Morgan fingerprint density at radius 3 is 2.53 bits per heavy atom. The monoisotopic (exact) mass is 497 g/mol. The number of esters is 2. The van der Waals surface area contributed by atoms with Crippen molar-refractivity contribution < 1.29 is 41.7 Å². The summed E-state index contributed by atoms with van der Waals surface area (Å²) in [6.07, 6.45) is 0. The maximum Gasteiger partial charge on any atom is 0.338 e. The van der Waals surface area contributed by atoms with Crippen LogP contribution in [0.15, 0.2) is 34.4 Å². The van der Waals surface area contributed by atoms with Gasteiger partial charge in [0.1, 0.15) is 17.3 Å². The van der Waals surface area contributed by atoms with Crippen LogP contribution in [0.3, 0.4) is 0 Å². The van der Waals surface area contributed by atoms with Gasteiger partial charge >= 0.3 is 18.0 Å². The molecular formula is C21H27N3O9S. The molecule has 0 radical (unpaired) electrons. The van der Waals surface area contributed by atoms with Gasteiger partial charge in [0, 0.05) is 13.1 Å². The molecule has 0 aliphatic carbocycles. The van der Waals surface area contributed by atoms with Crippen LogP contribution in [-0.4, -0.2) is 83.4 Å². The van der Waals surface area contributed by atoms with Gasteiger partial charge in [0.2, 0.25) is 10.0 Å². The van der Waals surface area contributed by atoms with E-state index in [0.29, 0.717) is 0 Å². The van der Waals surface area contributed by atoms with Crippen molar-refractivity contribution in [1.82, 2.24) is 14.9 Å². The second-order valence-corrected chi connectivity index (χ2v) is 9.30. The average molecular weight is 498 g/mol. The van der Waals surface area contributed by atoms with Gasteiger partial charge in [0.05, 0.1) is 49.8 Å². The van der Waals surface area contributed by atoms with Gasteiger partial charge in [0.25, 0.3) is 0 Å². The van der Waals surface area contributed by atoms with E-state index >= 15 is 0 Å². The Morgan fingerprint density at radius 2 is 1.88 bits per heavy atom. The van der Waals surface area contributed by atoms with E-state index in [4.69, 9.17) is 18.9 Å². The standard InChI is InChI=1S/C21H27N3O9S/c1-4-32-20(26)18-13(2)22-21(27)23-15(18)12-33-19(25)14-5-6-16(30-3)17(11-14)34(28,29)24-7-9-31-10-8-24/h5-6,11,13H,4,7-10,12H2,1-3H3,(H2,22,23,27)/t13-/m0/s1. The van der Waals surface area contributed by atoms with E-state index in [1.165, 1.54) is 29.6 Å². The molecule has 0 saturated carbocycles. The van der Waals surface area contributed by atoms with Crippen LogP contribution >= 0.6 is 0 Å². The quantitative estimate of drug-likeness (QED) is 0.486. The molecule has 2 N–H and O–H groups in total. The molecule has 34 heavy (non-hydrogen) atoms. The summed E-state index contributed by atoms with van der Waals surface area (Å²) in [5.41, 5.74) is 0.163. The number of hydrogen-bond acceptors (Lipinski definition) is 9. The maximum atomic E-state index is 13.1. The third-order valence-corrected chi connectivity index (χ3v) is 7.12. The first-order valence-corrected chi connectivity index (χ1v) is 12.0. The zero-order valence-corrected chi connectivity index (χ0v) is 19.9. The lowest BCUT2D eigenvalue weighted by Crippen LogP contribution is -2.50. The third-order valence-electron chi connectivity index (χ3n) is 5.20. The average Bonchev–Trinajstić information content (AvgIpc) is 2.82. The van der Waals surface area contributed by atoms with Crippen LogP contribution in [0.5, 0.6) is 5.75 Å². The number of methoxy groups -OCH3 is 1. The topological polar surface area (TPSA) is 150 Å². The third kappa shape index (κ3) is 5.48. The number of carbonyl (C=O) groups excluding carboxylic acids is 3. The molecule has 12 nitrogen and oxygen atoms in total. The number of rotatable bonds is 8. The molecule has 0 unspecified atom stereocenters. The number of carbonyl (C=O) groups is 3. The number of sulfonamides is 1. The molecule has 2 heterocycles. The Balaban J connectivity index is 1.84. The van der Waals surface area contributed by atoms with E-state index in [2.05, 4.69) is 10.6 Å². The van der Waals surface area contributed by atoms with Crippen molar-refractivity contribution in [3.63, 3.8) is 0 Å². The lowest BCUT2D eigenvalue weighted by molar-refractivity contribution is -0.139. The first-order chi connectivity index (χ1) is 16.2. The SMILES string of the molecule is CCOC(=O)C1=C(COC(=O)c2ccc(OC)c(S(=O)(=O)N3CCOCC3)c2)NC(=O)N[C@H]1C. The molecule has 0 bridgehead atoms. The Kier molecular flexibility index (Phi) is 8.12. The highest BCUT2D eigenvalue weighted by molar-refractivity contribution is 7.89. The predicted molar refractivity (Wildman–Crippen MR) is 118 cm³/mol. The molecule has 186 valence electrons. The summed E-state index contributed by atoms with van der Waals surface area (Å²) in [5, 5.41) is 5.00. The summed E-state index contributed by atoms with van der Waals surface area (Å²) in [7, 11) is -2.62. The van der Waals surface area contributed by atoms with Gasteiger partial charge in [-0.25, -0.2) is 22.8 Å². The Morgan fingerprint density at radius 1 is 1.18 bits per heavy atom. The summed E-state index contributed by atoms with van der Waals surface area (Å²) in [5.74, 6) is -1.43. The number of ether oxygens (including phenoxy) is 4. The number of benzene rings is 1. The van der Waals surface area contributed by atoms with Crippen LogP contribution in [0.25, 0.3) is 0 Å². The zero-order valence-electron chi connectivity index (χ0n) is 19.1. The molecule has 1 atom stereocenters. The van der Waals surface area contributed by atoms with Crippen LogP contribution in [0.1, 0.15) is 24.2 Å². The van der Waals surface area contributed by atoms with E-state index in [-0.39, 0.29) is 60.4 Å². The molecule has 2 aliphatic rings. The van der Waals surface area contributed by atoms with Crippen LogP contribution in [0.2, 0.25) is 0 Å². The van der Waals surface area contributed by atoms with E-state index < -0.39 is 40.6 Å². The van der Waals surface area contributed by atoms with Crippen molar-refractivity contribution in [3.8, 4) is 5.75 Å². The number of morpholine rings is 1. The molecule has 1 aromatic rings. The minimum absolute atomic E-state index is 0.0424. The van der Waals surface area contributed by atoms with Gasteiger partial charge in [-0.05, 0) is 32.0 Å². The van der Waals surface area contributed by atoms with E-state index in [0.717, 1.165) is 0 Å². The lowest BCUT2D eigenvalue weighted by atomic mass is 10.0. The normalized spacial score (nSPS) is 19.1. The first kappa shape index (κ1) is 25.5. The second kappa shape index (κ2) is 10.8. The largest absolute Gasteiger partial charge is 0.495 e. The molecule has 3 rings (SSSR count). The number of nitrogens with zero attached hydrogens (tertiary/aromatic N) is 1. The Hall–Kier alpha value is -3.16. The van der Waals surface area contributed by atoms with Gasteiger partial charge in [-0.15, -0.1) is 0 Å². The summed E-state index contributed by atoms with van der Waals surface area (Å²) < 4.78 is 48.2. The van der Waals surface area contributed by atoms with Crippen molar-refractivity contribution in [1.29, 1.82) is 0 Å². The highest BCUT2D eigenvalue weighted by atomic mass is 32.2. The summed E-state index contributed by atoms with van der Waals surface area (Å²) in [4.78, 5) is 36.7. The molecule has 1 saturated heterocycles. The molecule has 1 aromatic carbocycles. The fraction of sp³-hybridized carbons (Fsp3) is 0.476. The van der Waals surface area contributed by atoms with Crippen molar-refractivity contribution in [2.24, 2.45) is 0 Å². The van der Waals surface area contributed by atoms with Crippen molar-refractivity contribution in [2.45, 2.75) is 24.8 Å². The van der Waals surface area contributed by atoms with Gasteiger partial charge in [-0.1, -0.05) is 0 Å². The maximum absolute atomic E-state index is 13.1. The van der Waals surface area contributed by atoms with Crippen LogP contribution in [0.4, 0.5) is 4.79 Å². The number of urea groups is 1. The Bertz CT molecular complexity index is 1090. The van der Waals surface area contributed by atoms with Gasteiger partial charge < -0.3 is 29.6 Å². The van der Waals surface area contributed by atoms with E-state index in [9.17, 15) is 22.8 Å². The highest BCUT2D eigenvalue weighted by Crippen LogP contribution is 2.29. The second-order valence-electron chi connectivity index (χ2n) is 7.39.